The summed E-state index contributed by atoms with van der Waals surface area (Å²) in [7, 11) is 0. The molecule has 0 aromatic carbocycles. The van der Waals surface area contributed by atoms with E-state index in [0.29, 0.717) is 6.61 Å². The molecule has 0 aliphatic heterocycles. The van der Waals surface area contributed by atoms with Gasteiger partial charge in [0.25, 0.3) is 0 Å². The highest BCUT2D eigenvalue weighted by Crippen LogP contribution is 2.71. The summed E-state index contributed by atoms with van der Waals surface area (Å²) in [6, 6.07) is 0. The quantitative estimate of drug-likeness (QED) is 0.757. The van der Waals surface area contributed by atoms with Gasteiger partial charge in [0.05, 0.1) is 0 Å². The second kappa shape index (κ2) is 3.98. The number of aliphatic hydroxyl groups excluding tert-OH is 1. The zero-order chi connectivity index (χ0) is 12.4. The first-order chi connectivity index (χ1) is 8.72. The van der Waals surface area contributed by atoms with E-state index in [2.05, 4.69) is 13.8 Å². The van der Waals surface area contributed by atoms with E-state index in [1.54, 1.807) is 12.8 Å². The molecule has 0 heterocycles. The highest BCUT2D eigenvalue weighted by molar-refractivity contribution is 5.13. The van der Waals surface area contributed by atoms with Gasteiger partial charge in [-0.25, -0.2) is 0 Å². The normalized spacial score (nSPS) is 60.5. The standard InChI is InChI=1S/C17H28O/c1-9-10(2)14-8-13(9)16-12-6-11(4-3-5-18)15(7-12)17(14)16/h9-18H,3-8H2,1-2H3. The van der Waals surface area contributed by atoms with Gasteiger partial charge >= 0.3 is 0 Å². The van der Waals surface area contributed by atoms with Crippen molar-refractivity contribution in [1.82, 2.24) is 0 Å². The Morgan fingerprint density at radius 3 is 2.33 bits per heavy atom. The second-order valence-corrected chi connectivity index (χ2v) is 7.96. The average molecular weight is 248 g/mol. The minimum Gasteiger partial charge on any atom is -0.396 e. The van der Waals surface area contributed by atoms with Gasteiger partial charge in [0.15, 0.2) is 0 Å². The zero-order valence-corrected chi connectivity index (χ0v) is 11.9. The minimum atomic E-state index is 0.404. The van der Waals surface area contributed by atoms with Gasteiger partial charge in [0.2, 0.25) is 0 Å². The van der Waals surface area contributed by atoms with Crippen LogP contribution >= 0.6 is 0 Å². The van der Waals surface area contributed by atoms with Crippen molar-refractivity contribution in [2.75, 3.05) is 6.61 Å². The molecule has 4 rings (SSSR count). The largest absolute Gasteiger partial charge is 0.396 e. The summed E-state index contributed by atoms with van der Waals surface area (Å²) in [5, 5.41) is 9.07. The fraction of sp³-hybridized carbons (Fsp3) is 1.00. The van der Waals surface area contributed by atoms with Crippen molar-refractivity contribution in [2.45, 2.75) is 46.0 Å². The number of hydrogen-bond acceptors (Lipinski definition) is 1. The molecule has 0 aromatic rings. The molecule has 1 nitrogen and oxygen atoms in total. The van der Waals surface area contributed by atoms with Gasteiger partial charge in [-0.05, 0) is 85.4 Å². The monoisotopic (exact) mass is 248 g/mol. The Hall–Kier alpha value is -0.0400. The Kier molecular flexibility index (Phi) is 2.60. The fourth-order valence-corrected chi connectivity index (χ4v) is 7.05. The maximum absolute atomic E-state index is 9.07. The highest BCUT2D eigenvalue weighted by atomic mass is 16.2. The number of rotatable bonds is 3. The van der Waals surface area contributed by atoms with Gasteiger partial charge in [-0.2, -0.15) is 0 Å². The topological polar surface area (TPSA) is 20.2 Å². The van der Waals surface area contributed by atoms with Crippen LogP contribution < -0.4 is 0 Å². The zero-order valence-electron chi connectivity index (χ0n) is 11.9. The lowest BCUT2D eigenvalue weighted by atomic mass is 9.61. The van der Waals surface area contributed by atoms with Crippen LogP contribution in [0, 0.1) is 53.3 Å². The van der Waals surface area contributed by atoms with E-state index in [1.165, 1.54) is 12.8 Å². The van der Waals surface area contributed by atoms with E-state index in [4.69, 9.17) is 5.11 Å². The average Bonchev–Trinajstić information content (AvgIpc) is 3.07. The van der Waals surface area contributed by atoms with Crippen molar-refractivity contribution in [2.24, 2.45) is 53.3 Å². The highest BCUT2D eigenvalue weighted by Gasteiger charge is 2.65. The van der Waals surface area contributed by atoms with Crippen LogP contribution in [0.2, 0.25) is 0 Å². The van der Waals surface area contributed by atoms with Crippen LogP contribution in [0.4, 0.5) is 0 Å². The molecule has 4 saturated carbocycles. The summed E-state index contributed by atoms with van der Waals surface area (Å²) < 4.78 is 0. The summed E-state index contributed by atoms with van der Waals surface area (Å²) in [5.41, 5.74) is 0. The first-order valence-electron chi connectivity index (χ1n) is 8.33. The molecule has 9 unspecified atom stereocenters. The molecule has 18 heavy (non-hydrogen) atoms. The SMILES string of the molecule is CC1C(C)C2CC1C1C3CC(CCCO)C(C3)C21. The molecular formula is C17H28O. The van der Waals surface area contributed by atoms with Crippen molar-refractivity contribution in [3.05, 3.63) is 0 Å². The third-order valence-electron chi connectivity index (χ3n) is 7.72. The lowest BCUT2D eigenvalue weighted by Crippen LogP contribution is -2.38. The predicted octanol–water partition coefficient (Wildman–Crippen LogP) is 3.57. The molecule has 0 saturated heterocycles. The molecule has 4 bridgehead atoms. The van der Waals surface area contributed by atoms with Crippen molar-refractivity contribution in [3.63, 3.8) is 0 Å². The Bertz CT molecular complexity index is 337. The van der Waals surface area contributed by atoms with Crippen LogP contribution in [0.15, 0.2) is 0 Å². The molecule has 9 atom stereocenters. The molecule has 0 aromatic heterocycles. The van der Waals surface area contributed by atoms with Gasteiger partial charge in [-0.1, -0.05) is 13.8 Å². The lowest BCUT2D eigenvalue weighted by molar-refractivity contribution is 0.0426. The maximum atomic E-state index is 9.07. The third-order valence-corrected chi connectivity index (χ3v) is 7.72. The molecule has 102 valence electrons. The van der Waals surface area contributed by atoms with Crippen LogP contribution in [-0.4, -0.2) is 11.7 Å². The molecule has 0 spiro atoms. The Balaban J connectivity index is 1.55. The summed E-state index contributed by atoms with van der Waals surface area (Å²) in [6.07, 6.45) is 6.99. The second-order valence-electron chi connectivity index (χ2n) is 7.96. The summed E-state index contributed by atoms with van der Waals surface area (Å²) in [6.45, 7) is 5.46. The predicted molar refractivity (Wildman–Crippen MR) is 72.9 cm³/mol. The van der Waals surface area contributed by atoms with Crippen molar-refractivity contribution >= 4 is 0 Å². The van der Waals surface area contributed by atoms with Crippen molar-refractivity contribution in [3.8, 4) is 0 Å². The van der Waals surface area contributed by atoms with Crippen LogP contribution in [0.25, 0.3) is 0 Å². The lowest BCUT2D eigenvalue weighted by Gasteiger charge is -2.43. The van der Waals surface area contributed by atoms with Gasteiger partial charge in [-0.15, -0.1) is 0 Å². The number of hydrogen-bond donors (Lipinski definition) is 1. The van der Waals surface area contributed by atoms with Gasteiger partial charge in [0, 0.05) is 6.61 Å². The smallest absolute Gasteiger partial charge is 0.0431 e. The molecule has 0 amide bonds. The summed E-state index contributed by atoms with van der Waals surface area (Å²) >= 11 is 0. The Morgan fingerprint density at radius 2 is 1.61 bits per heavy atom. The molecule has 4 fully saturated rings. The fourth-order valence-electron chi connectivity index (χ4n) is 7.05. The van der Waals surface area contributed by atoms with Gasteiger partial charge in [0.1, 0.15) is 0 Å². The first kappa shape index (κ1) is 11.8. The number of fused-ring (bicyclic) bond motifs is 9. The van der Waals surface area contributed by atoms with Crippen LogP contribution in [0.5, 0.6) is 0 Å². The maximum Gasteiger partial charge on any atom is 0.0431 e. The minimum absolute atomic E-state index is 0.404. The summed E-state index contributed by atoms with van der Waals surface area (Å²) in [4.78, 5) is 0. The Labute approximate surface area is 111 Å². The third kappa shape index (κ3) is 1.32. The molecule has 4 aliphatic rings. The van der Waals surface area contributed by atoms with Gasteiger partial charge < -0.3 is 5.11 Å². The van der Waals surface area contributed by atoms with Crippen molar-refractivity contribution in [1.29, 1.82) is 0 Å². The number of aliphatic hydroxyl groups is 1. The van der Waals surface area contributed by atoms with Crippen LogP contribution in [0.1, 0.15) is 46.0 Å². The van der Waals surface area contributed by atoms with Gasteiger partial charge in [-0.3, -0.25) is 0 Å². The summed E-state index contributed by atoms with van der Waals surface area (Å²) in [5.74, 6) is 9.49. The molecule has 0 radical (unpaired) electrons. The Morgan fingerprint density at radius 1 is 0.889 bits per heavy atom. The molecule has 4 aliphatic carbocycles. The van der Waals surface area contributed by atoms with E-state index in [0.717, 1.165) is 59.7 Å². The van der Waals surface area contributed by atoms with E-state index in [-0.39, 0.29) is 0 Å². The molecular weight excluding hydrogens is 220 g/mol. The van der Waals surface area contributed by atoms with E-state index in [1.807, 2.05) is 0 Å². The van der Waals surface area contributed by atoms with E-state index in [9.17, 15) is 0 Å². The van der Waals surface area contributed by atoms with Crippen molar-refractivity contribution < 1.29 is 5.11 Å². The molecule has 1 heteroatoms. The van der Waals surface area contributed by atoms with Crippen LogP contribution in [0.3, 0.4) is 0 Å². The first-order valence-corrected chi connectivity index (χ1v) is 8.33. The van der Waals surface area contributed by atoms with Crippen LogP contribution in [-0.2, 0) is 0 Å². The van der Waals surface area contributed by atoms with E-state index < -0.39 is 0 Å². The molecule has 1 N–H and O–H groups in total. The van der Waals surface area contributed by atoms with E-state index >= 15 is 0 Å².